The van der Waals surface area contributed by atoms with E-state index in [1.54, 1.807) is 0 Å². The van der Waals surface area contributed by atoms with Crippen LogP contribution >= 0.6 is 31.9 Å². The first-order valence-corrected chi connectivity index (χ1v) is 8.42. The molecule has 1 aromatic carbocycles. The molecule has 0 radical (unpaired) electrons. The Balaban J connectivity index is 2.77. The van der Waals surface area contributed by atoms with Crippen molar-refractivity contribution in [3.05, 3.63) is 26.6 Å². The van der Waals surface area contributed by atoms with Gasteiger partial charge in [-0.05, 0) is 69.6 Å². The van der Waals surface area contributed by atoms with Crippen LogP contribution in [0.25, 0.3) is 0 Å². The van der Waals surface area contributed by atoms with Crippen molar-refractivity contribution in [2.75, 3.05) is 33.7 Å². The van der Waals surface area contributed by atoms with Crippen LogP contribution in [-0.2, 0) is 6.54 Å². The van der Waals surface area contributed by atoms with Crippen molar-refractivity contribution in [3.63, 3.8) is 0 Å². The molecule has 114 valence electrons. The SMILES string of the molecule is CC(C)CN(CCN(C)C)Cc1cc(Br)c(O)c(Br)c1. The van der Waals surface area contributed by atoms with Gasteiger partial charge >= 0.3 is 0 Å². The zero-order valence-corrected chi connectivity index (χ0v) is 15.8. The highest BCUT2D eigenvalue weighted by molar-refractivity contribution is 9.11. The third-order valence-electron chi connectivity index (χ3n) is 2.97. The highest BCUT2D eigenvalue weighted by atomic mass is 79.9. The van der Waals surface area contributed by atoms with Crippen LogP contribution in [0.2, 0.25) is 0 Å². The van der Waals surface area contributed by atoms with Crippen molar-refractivity contribution in [2.24, 2.45) is 5.92 Å². The van der Waals surface area contributed by atoms with Crippen LogP contribution < -0.4 is 0 Å². The van der Waals surface area contributed by atoms with Gasteiger partial charge in [0.25, 0.3) is 0 Å². The number of nitrogens with zero attached hydrogens (tertiary/aromatic N) is 2. The molecule has 0 aliphatic rings. The fourth-order valence-corrected chi connectivity index (χ4v) is 3.34. The number of phenols is 1. The lowest BCUT2D eigenvalue weighted by atomic mass is 10.1. The normalized spacial score (nSPS) is 11.8. The Bertz CT molecular complexity index is 413. The lowest BCUT2D eigenvalue weighted by Crippen LogP contribution is -2.34. The fraction of sp³-hybridized carbons (Fsp3) is 0.600. The Hall–Kier alpha value is -0.100. The molecule has 0 bridgehead atoms. The molecule has 0 spiro atoms. The molecule has 0 saturated heterocycles. The Morgan fingerprint density at radius 1 is 1.10 bits per heavy atom. The van der Waals surface area contributed by atoms with Crippen molar-refractivity contribution in [1.82, 2.24) is 9.80 Å². The molecule has 5 heteroatoms. The average molecular weight is 408 g/mol. The molecular formula is C15H24Br2N2O. The van der Waals surface area contributed by atoms with Crippen LogP contribution in [0.3, 0.4) is 0 Å². The highest BCUT2D eigenvalue weighted by Crippen LogP contribution is 2.33. The zero-order valence-electron chi connectivity index (χ0n) is 12.7. The molecule has 0 heterocycles. The van der Waals surface area contributed by atoms with Crippen LogP contribution in [0, 0.1) is 5.92 Å². The van der Waals surface area contributed by atoms with E-state index in [4.69, 9.17) is 0 Å². The monoisotopic (exact) mass is 406 g/mol. The summed E-state index contributed by atoms with van der Waals surface area (Å²) < 4.78 is 1.47. The van der Waals surface area contributed by atoms with Crippen molar-refractivity contribution in [2.45, 2.75) is 20.4 Å². The first-order chi connectivity index (χ1) is 9.29. The number of rotatable bonds is 7. The Morgan fingerprint density at radius 2 is 1.65 bits per heavy atom. The first kappa shape index (κ1) is 18.0. The van der Waals surface area contributed by atoms with Crippen LogP contribution in [-0.4, -0.2) is 48.6 Å². The van der Waals surface area contributed by atoms with Crippen LogP contribution in [0.15, 0.2) is 21.1 Å². The van der Waals surface area contributed by atoms with Gasteiger partial charge in [-0.2, -0.15) is 0 Å². The maximum Gasteiger partial charge on any atom is 0.143 e. The summed E-state index contributed by atoms with van der Waals surface area (Å²) in [5.41, 5.74) is 1.20. The molecule has 3 nitrogen and oxygen atoms in total. The minimum atomic E-state index is 0.262. The second kappa shape index (κ2) is 8.37. The molecule has 1 rings (SSSR count). The van der Waals surface area contributed by atoms with Gasteiger partial charge in [-0.15, -0.1) is 0 Å². The molecule has 1 aromatic rings. The standard InChI is InChI=1S/C15H24Br2N2O/c1-11(2)9-19(6-5-18(3)4)10-12-7-13(16)15(20)14(17)8-12/h7-8,11,20H,5-6,9-10H2,1-4H3. The Kier molecular flexibility index (Phi) is 7.51. The number of phenolic OH excluding ortho intramolecular Hbond substituents is 1. The smallest absolute Gasteiger partial charge is 0.143 e. The van der Waals surface area contributed by atoms with E-state index in [0.29, 0.717) is 5.92 Å². The Morgan fingerprint density at radius 3 is 2.10 bits per heavy atom. The molecule has 0 aromatic heterocycles. The summed E-state index contributed by atoms with van der Waals surface area (Å²) in [5, 5.41) is 9.77. The van der Waals surface area contributed by atoms with Crippen LogP contribution in [0.1, 0.15) is 19.4 Å². The molecule has 0 unspecified atom stereocenters. The van der Waals surface area contributed by atoms with Gasteiger partial charge in [0.05, 0.1) is 8.95 Å². The quantitative estimate of drug-likeness (QED) is 0.741. The van der Waals surface area contributed by atoms with E-state index in [-0.39, 0.29) is 5.75 Å². The second-order valence-corrected chi connectivity index (χ2v) is 7.55. The number of hydrogen-bond donors (Lipinski definition) is 1. The number of aromatic hydroxyl groups is 1. The van der Waals surface area contributed by atoms with E-state index in [2.05, 4.69) is 69.6 Å². The minimum Gasteiger partial charge on any atom is -0.506 e. The van der Waals surface area contributed by atoms with E-state index in [0.717, 1.165) is 35.1 Å². The van der Waals surface area contributed by atoms with E-state index in [1.165, 1.54) is 5.56 Å². The predicted octanol–water partition coefficient (Wildman–Crippen LogP) is 3.94. The lowest BCUT2D eigenvalue weighted by molar-refractivity contribution is 0.211. The second-order valence-electron chi connectivity index (χ2n) is 5.84. The highest BCUT2D eigenvalue weighted by Gasteiger charge is 2.12. The van der Waals surface area contributed by atoms with E-state index >= 15 is 0 Å². The van der Waals surface area contributed by atoms with Crippen LogP contribution in [0.4, 0.5) is 0 Å². The number of benzene rings is 1. The Labute approximate surface area is 139 Å². The van der Waals surface area contributed by atoms with Crippen molar-refractivity contribution >= 4 is 31.9 Å². The largest absolute Gasteiger partial charge is 0.506 e. The molecular weight excluding hydrogens is 384 g/mol. The lowest BCUT2D eigenvalue weighted by Gasteiger charge is -2.26. The van der Waals surface area contributed by atoms with Gasteiger partial charge < -0.3 is 10.0 Å². The van der Waals surface area contributed by atoms with Crippen LogP contribution in [0.5, 0.6) is 5.75 Å². The number of likely N-dealkylation sites (N-methyl/N-ethyl adjacent to an activating group) is 1. The third kappa shape index (κ3) is 6.12. The molecule has 0 aliphatic carbocycles. The summed E-state index contributed by atoms with van der Waals surface area (Å²) in [7, 11) is 4.20. The summed E-state index contributed by atoms with van der Waals surface area (Å²) in [4.78, 5) is 4.66. The topological polar surface area (TPSA) is 26.7 Å². The van der Waals surface area contributed by atoms with Crippen molar-refractivity contribution in [1.29, 1.82) is 0 Å². The molecule has 1 N–H and O–H groups in total. The molecule has 0 aliphatic heterocycles. The van der Waals surface area contributed by atoms with Gasteiger partial charge in [0.1, 0.15) is 5.75 Å². The van der Waals surface area contributed by atoms with Gasteiger partial charge in [-0.3, -0.25) is 4.90 Å². The zero-order chi connectivity index (χ0) is 15.3. The van der Waals surface area contributed by atoms with Gasteiger partial charge in [0.15, 0.2) is 0 Å². The summed E-state index contributed by atoms with van der Waals surface area (Å²) in [6.07, 6.45) is 0. The van der Waals surface area contributed by atoms with Gasteiger partial charge in [0, 0.05) is 26.2 Å². The third-order valence-corrected chi connectivity index (χ3v) is 4.18. The maximum atomic E-state index is 9.77. The van der Waals surface area contributed by atoms with Crippen molar-refractivity contribution in [3.8, 4) is 5.75 Å². The molecule has 0 amide bonds. The summed E-state index contributed by atoms with van der Waals surface area (Å²) in [6.45, 7) is 8.54. The first-order valence-electron chi connectivity index (χ1n) is 6.83. The summed E-state index contributed by atoms with van der Waals surface area (Å²) >= 11 is 6.79. The molecule has 0 saturated carbocycles. The summed E-state index contributed by atoms with van der Waals surface area (Å²) in [6, 6.07) is 3.98. The van der Waals surface area contributed by atoms with Gasteiger partial charge in [-0.25, -0.2) is 0 Å². The predicted molar refractivity (Wildman–Crippen MR) is 92.2 cm³/mol. The van der Waals surface area contributed by atoms with E-state index < -0.39 is 0 Å². The van der Waals surface area contributed by atoms with E-state index in [1.807, 2.05) is 12.1 Å². The molecule has 20 heavy (non-hydrogen) atoms. The number of hydrogen-bond acceptors (Lipinski definition) is 3. The van der Waals surface area contributed by atoms with E-state index in [9.17, 15) is 5.11 Å². The molecule has 0 fully saturated rings. The molecule has 0 atom stereocenters. The van der Waals surface area contributed by atoms with Gasteiger partial charge in [0.2, 0.25) is 0 Å². The van der Waals surface area contributed by atoms with Crippen molar-refractivity contribution < 1.29 is 5.11 Å². The summed E-state index contributed by atoms with van der Waals surface area (Å²) in [5.74, 6) is 0.901. The fourth-order valence-electron chi connectivity index (χ4n) is 2.06. The van der Waals surface area contributed by atoms with Gasteiger partial charge in [-0.1, -0.05) is 13.8 Å². The number of halogens is 2. The average Bonchev–Trinajstić information content (AvgIpc) is 2.32. The maximum absolute atomic E-state index is 9.77. The minimum absolute atomic E-state index is 0.262.